The molecule has 0 atom stereocenters. The van der Waals surface area contributed by atoms with Crippen LogP contribution in [0.5, 0.6) is 11.5 Å². The van der Waals surface area contributed by atoms with Gasteiger partial charge in [0.15, 0.2) is 0 Å². The molecular weight excluding hydrogens is 490 g/mol. The number of nitrogens with zero attached hydrogens (tertiary/aromatic N) is 1. The van der Waals surface area contributed by atoms with Gasteiger partial charge in [0.25, 0.3) is 15.9 Å². The number of ether oxygens (including phenoxy) is 2. The SMILES string of the molecule is COc1ccc(CNc2ccc(C(=O)N3CCC(C)CC3)cc2S(=O)(=O)Nc2cccc(OC)c2)cc1. The molecule has 0 aromatic heterocycles. The van der Waals surface area contributed by atoms with Crippen molar-refractivity contribution in [2.45, 2.75) is 31.2 Å². The summed E-state index contributed by atoms with van der Waals surface area (Å²) in [4.78, 5) is 15.0. The zero-order valence-corrected chi connectivity index (χ0v) is 22.2. The number of benzene rings is 3. The van der Waals surface area contributed by atoms with Crippen molar-refractivity contribution in [3.05, 3.63) is 77.9 Å². The molecule has 37 heavy (non-hydrogen) atoms. The Morgan fingerprint density at radius 2 is 1.65 bits per heavy atom. The third-order valence-corrected chi connectivity index (χ3v) is 7.97. The fourth-order valence-electron chi connectivity index (χ4n) is 4.26. The monoisotopic (exact) mass is 523 g/mol. The van der Waals surface area contributed by atoms with E-state index in [1.165, 1.54) is 13.2 Å². The van der Waals surface area contributed by atoms with Crippen LogP contribution in [-0.4, -0.2) is 46.5 Å². The second-order valence-electron chi connectivity index (χ2n) is 9.22. The summed E-state index contributed by atoms with van der Waals surface area (Å²) in [6.07, 6.45) is 1.88. The third-order valence-electron chi connectivity index (χ3n) is 6.55. The van der Waals surface area contributed by atoms with E-state index in [0.717, 1.165) is 24.2 Å². The van der Waals surface area contributed by atoms with Gasteiger partial charge >= 0.3 is 0 Å². The topological polar surface area (TPSA) is 97.0 Å². The van der Waals surface area contributed by atoms with Crippen LogP contribution in [0.1, 0.15) is 35.7 Å². The van der Waals surface area contributed by atoms with Crippen molar-refractivity contribution < 1.29 is 22.7 Å². The van der Waals surface area contributed by atoms with Gasteiger partial charge in [-0.1, -0.05) is 25.1 Å². The second kappa shape index (κ2) is 11.6. The van der Waals surface area contributed by atoms with E-state index in [2.05, 4.69) is 17.0 Å². The van der Waals surface area contributed by atoms with Gasteiger partial charge in [-0.25, -0.2) is 8.42 Å². The van der Waals surface area contributed by atoms with Crippen LogP contribution < -0.4 is 19.5 Å². The molecule has 0 radical (unpaired) electrons. The summed E-state index contributed by atoms with van der Waals surface area (Å²) >= 11 is 0. The summed E-state index contributed by atoms with van der Waals surface area (Å²) in [5.74, 6) is 1.69. The number of amides is 1. The van der Waals surface area contributed by atoms with Crippen molar-refractivity contribution in [3.8, 4) is 11.5 Å². The van der Waals surface area contributed by atoms with E-state index in [0.29, 0.717) is 48.2 Å². The highest BCUT2D eigenvalue weighted by Gasteiger charge is 2.25. The van der Waals surface area contributed by atoms with Gasteiger partial charge in [0.2, 0.25) is 0 Å². The zero-order chi connectivity index (χ0) is 26.4. The van der Waals surface area contributed by atoms with Crippen LogP contribution >= 0.6 is 0 Å². The minimum atomic E-state index is -4.04. The molecule has 0 saturated carbocycles. The summed E-state index contributed by atoms with van der Waals surface area (Å²) in [7, 11) is -0.915. The maximum Gasteiger partial charge on any atom is 0.263 e. The molecule has 1 fully saturated rings. The molecule has 0 bridgehead atoms. The van der Waals surface area contributed by atoms with E-state index in [-0.39, 0.29) is 10.8 Å². The van der Waals surface area contributed by atoms with Gasteiger partial charge in [0.05, 0.1) is 25.6 Å². The predicted octanol–water partition coefficient (Wildman–Crippen LogP) is 4.99. The first-order valence-electron chi connectivity index (χ1n) is 12.3. The van der Waals surface area contributed by atoms with Crippen molar-refractivity contribution in [2.75, 3.05) is 37.3 Å². The summed E-state index contributed by atoms with van der Waals surface area (Å²) in [5.41, 5.74) is 2.06. The van der Waals surface area contributed by atoms with Crippen LogP contribution in [-0.2, 0) is 16.6 Å². The van der Waals surface area contributed by atoms with Gasteiger partial charge in [0.1, 0.15) is 16.4 Å². The van der Waals surface area contributed by atoms with Gasteiger partial charge in [-0.2, -0.15) is 0 Å². The lowest BCUT2D eigenvalue weighted by atomic mass is 9.98. The Labute approximate surface area is 218 Å². The molecule has 1 aliphatic heterocycles. The first kappa shape index (κ1) is 26.3. The van der Waals surface area contributed by atoms with Crippen LogP contribution in [0.2, 0.25) is 0 Å². The molecule has 8 nitrogen and oxygen atoms in total. The smallest absolute Gasteiger partial charge is 0.263 e. The van der Waals surface area contributed by atoms with Gasteiger partial charge < -0.3 is 19.7 Å². The number of rotatable bonds is 9. The number of anilines is 2. The van der Waals surface area contributed by atoms with Crippen LogP contribution in [0.25, 0.3) is 0 Å². The molecule has 3 aromatic carbocycles. The van der Waals surface area contributed by atoms with Crippen molar-refractivity contribution in [1.29, 1.82) is 0 Å². The zero-order valence-electron chi connectivity index (χ0n) is 21.4. The van der Waals surface area contributed by atoms with E-state index in [9.17, 15) is 13.2 Å². The first-order chi connectivity index (χ1) is 17.8. The van der Waals surface area contributed by atoms with Gasteiger partial charge in [0, 0.05) is 31.3 Å². The molecule has 4 rings (SSSR count). The molecule has 9 heteroatoms. The van der Waals surface area contributed by atoms with Crippen molar-refractivity contribution in [1.82, 2.24) is 4.90 Å². The lowest BCUT2D eigenvalue weighted by Gasteiger charge is -2.30. The Hall–Kier alpha value is -3.72. The number of sulfonamides is 1. The fraction of sp³-hybridized carbons (Fsp3) is 0.321. The summed E-state index contributed by atoms with van der Waals surface area (Å²) < 4.78 is 40.2. The summed E-state index contributed by atoms with van der Waals surface area (Å²) in [5, 5.41) is 3.22. The average molecular weight is 524 g/mol. The first-order valence-corrected chi connectivity index (χ1v) is 13.7. The fourth-order valence-corrected chi connectivity index (χ4v) is 5.51. The van der Waals surface area contributed by atoms with Crippen molar-refractivity contribution in [2.24, 2.45) is 5.92 Å². The quantitative estimate of drug-likeness (QED) is 0.410. The predicted molar refractivity (Wildman–Crippen MR) is 145 cm³/mol. The highest BCUT2D eigenvalue weighted by Crippen LogP contribution is 2.28. The molecule has 0 aliphatic carbocycles. The van der Waals surface area contributed by atoms with Gasteiger partial charge in [-0.15, -0.1) is 0 Å². The number of carbonyl (C=O) groups excluding carboxylic acids is 1. The van der Waals surface area contributed by atoms with Crippen molar-refractivity contribution in [3.63, 3.8) is 0 Å². The maximum atomic E-state index is 13.6. The largest absolute Gasteiger partial charge is 0.497 e. The number of carbonyl (C=O) groups is 1. The Bertz CT molecular complexity index is 1330. The number of hydrogen-bond donors (Lipinski definition) is 2. The Kier molecular flexibility index (Phi) is 8.23. The van der Waals surface area contributed by atoms with Crippen LogP contribution in [0.4, 0.5) is 11.4 Å². The van der Waals surface area contributed by atoms with E-state index >= 15 is 0 Å². The molecule has 0 unspecified atom stereocenters. The number of nitrogens with one attached hydrogen (secondary N) is 2. The second-order valence-corrected chi connectivity index (χ2v) is 10.9. The molecular formula is C28H33N3O5S. The van der Waals surface area contributed by atoms with Gasteiger partial charge in [-0.3, -0.25) is 9.52 Å². The van der Waals surface area contributed by atoms with E-state index in [1.54, 1.807) is 48.4 Å². The highest BCUT2D eigenvalue weighted by molar-refractivity contribution is 7.92. The molecule has 3 aromatic rings. The van der Waals surface area contributed by atoms with Crippen LogP contribution in [0, 0.1) is 5.92 Å². The normalized spacial score (nSPS) is 14.2. The van der Waals surface area contributed by atoms with E-state index in [4.69, 9.17) is 9.47 Å². The van der Waals surface area contributed by atoms with Crippen molar-refractivity contribution >= 4 is 27.3 Å². The minimum absolute atomic E-state index is 0.0000547. The van der Waals surface area contributed by atoms with Crippen LogP contribution in [0.3, 0.4) is 0 Å². The third kappa shape index (κ3) is 6.54. The lowest BCUT2D eigenvalue weighted by Crippen LogP contribution is -2.38. The summed E-state index contributed by atoms with van der Waals surface area (Å²) in [6, 6.07) is 19.0. The molecule has 1 heterocycles. The lowest BCUT2D eigenvalue weighted by molar-refractivity contribution is 0.0697. The maximum absolute atomic E-state index is 13.6. The number of likely N-dealkylation sites (tertiary alicyclic amines) is 1. The molecule has 1 amide bonds. The van der Waals surface area contributed by atoms with E-state index in [1.807, 2.05) is 24.3 Å². The Morgan fingerprint density at radius 3 is 2.32 bits per heavy atom. The molecule has 1 aliphatic rings. The Morgan fingerprint density at radius 1 is 0.946 bits per heavy atom. The number of piperidine rings is 1. The average Bonchev–Trinajstić information content (AvgIpc) is 2.92. The standard InChI is InChI=1S/C28H33N3O5S/c1-20-13-15-31(16-14-20)28(32)22-9-12-26(29-19-21-7-10-24(35-2)11-8-21)27(17-22)37(33,34)30-23-5-4-6-25(18-23)36-3/h4-12,17-18,20,29-30H,13-16,19H2,1-3H3. The molecule has 196 valence electrons. The number of hydrogen-bond acceptors (Lipinski definition) is 6. The van der Waals surface area contributed by atoms with E-state index < -0.39 is 10.0 Å². The molecule has 2 N–H and O–H groups in total. The van der Waals surface area contributed by atoms with Crippen LogP contribution in [0.15, 0.2) is 71.6 Å². The highest BCUT2D eigenvalue weighted by atomic mass is 32.2. The molecule has 0 spiro atoms. The summed E-state index contributed by atoms with van der Waals surface area (Å²) in [6.45, 7) is 3.91. The number of methoxy groups -OCH3 is 2. The Balaban J connectivity index is 1.64. The minimum Gasteiger partial charge on any atom is -0.497 e. The molecule has 1 saturated heterocycles. The van der Waals surface area contributed by atoms with Gasteiger partial charge in [-0.05, 0) is 66.8 Å².